The number of aromatic nitrogens is 4. The Kier molecular flexibility index (Phi) is 7.88. The van der Waals surface area contributed by atoms with Crippen LogP contribution in [0, 0.1) is 5.41 Å². The van der Waals surface area contributed by atoms with Crippen LogP contribution in [0.1, 0.15) is 40.7 Å². The second-order valence-corrected chi connectivity index (χ2v) is 17.7. The zero-order chi connectivity index (χ0) is 27.4. The van der Waals surface area contributed by atoms with E-state index < -0.39 is 39.9 Å². The summed E-state index contributed by atoms with van der Waals surface area (Å²) >= 11 is 6.08. The Morgan fingerprint density at radius 1 is 1.24 bits per heavy atom. The molecule has 4 rings (SSSR count). The van der Waals surface area contributed by atoms with E-state index in [0.717, 1.165) is 0 Å². The van der Waals surface area contributed by atoms with Gasteiger partial charge >= 0.3 is 7.82 Å². The van der Waals surface area contributed by atoms with E-state index >= 15 is 0 Å². The first-order chi connectivity index (χ1) is 17.2. The summed E-state index contributed by atoms with van der Waals surface area (Å²) in [4.78, 5) is 12.7. The molecule has 208 valence electrons. The molecule has 15 heteroatoms. The largest absolute Gasteiger partial charge is 0.474 e. The number of nitrogen functional groups attached to an aromatic ring is 1. The summed E-state index contributed by atoms with van der Waals surface area (Å²) in [6, 6.07) is -0.343. The first-order valence-corrected chi connectivity index (χ1v) is 17.1. The average Bonchev–Trinajstić information content (AvgIpc) is 3.05. The van der Waals surface area contributed by atoms with Gasteiger partial charge < -0.3 is 24.6 Å². The number of aliphatic hydroxyl groups is 1. The highest BCUT2D eigenvalue weighted by atomic mass is 35.5. The highest BCUT2D eigenvalue weighted by Crippen LogP contribution is 2.68. The SMILES string of the molecule is CCOP(=O)(OCC)OC[C@H]1O[C@H]2C(n3cnc4c(N)nc(Cl)nc43)C2(CO)C1O[Si](C)(C)C(C)(C)C. The van der Waals surface area contributed by atoms with E-state index in [1.54, 1.807) is 20.2 Å². The van der Waals surface area contributed by atoms with Crippen LogP contribution in [-0.4, -0.2) is 77.7 Å². The molecule has 2 aliphatic rings. The van der Waals surface area contributed by atoms with Crippen molar-refractivity contribution in [3.63, 3.8) is 0 Å². The summed E-state index contributed by atoms with van der Waals surface area (Å²) in [5, 5.41) is 10.7. The van der Waals surface area contributed by atoms with Gasteiger partial charge in [0.1, 0.15) is 11.6 Å². The second-order valence-electron chi connectivity index (χ2n) is 10.9. The van der Waals surface area contributed by atoms with E-state index in [4.69, 9.17) is 40.1 Å². The van der Waals surface area contributed by atoms with Crippen LogP contribution < -0.4 is 5.73 Å². The van der Waals surface area contributed by atoms with Gasteiger partial charge in [0, 0.05) is 0 Å². The van der Waals surface area contributed by atoms with Gasteiger partial charge in [0.2, 0.25) is 5.28 Å². The second kappa shape index (κ2) is 10.1. The summed E-state index contributed by atoms with van der Waals surface area (Å²) in [5.41, 5.74) is 6.05. The van der Waals surface area contributed by atoms with Crippen molar-refractivity contribution in [1.82, 2.24) is 19.5 Å². The normalized spacial score (nSPS) is 28.1. The Morgan fingerprint density at radius 3 is 2.46 bits per heavy atom. The monoisotopic (exact) mass is 577 g/mol. The van der Waals surface area contributed by atoms with Gasteiger partial charge in [-0.2, -0.15) is 9.97 Å². The molecule has 3 unspecified atom stereocenters. The first kappa shape index (κ1) is 28.8. The number of nitrogens with two attached hydrogens (primary N) is 1. The third-order valence-corrected chi connectivity index (χ3v) is 13.9. The van der Waals surface area contributed by atoms with Crippen LogP contribution in [0.15, 0.2) is 6.33 Å². The predicted octanol–water partition coefficient (Wildman–Crippen LogP) is 3.95. The van der Waals surface area contributed by atoms with Crippen molar-refractivity contribution in [3.05, 3.63) is 11.6 Å². The first-order valence-electron chi connectivity index (χ1n) is 12.4. The zero-order valence-corrected chi connectivity index (χ0v) is 25.0. The number of anilines is 1. The van der Waals surface area contributed by atoms with Gasteiger partial charge in [-0.1, -0.05) is 20.8 Å². The number of halogens is 1. The summed E-state index contributed by atoms with van der Waals surface area (Å²) in [6.07, 6.45) is -0.0258. The maximum absolute atomic E-state index is 13.0. The standard InChI is InChI=1S/C22H37ClN5O7PSi/c1-8-31-36(30,32-9-2)33-10-13-16(35-37(6,7)21(3,4)5)22(11-29)15(17(22)34-13)28-12-25-14-18(24)26-20(23)27-19(14)28/h12-13,15-17,29H,8-11H2,1-7H3,(H2,24,26,27)/t13-,15?,16?,17+,22?/m1/s1. The Balaban J connectivity index is 1.69. The number of phosphoric acid groups is 1. The molecule has 37 heavy (non-hydrogen) atoms. The van der Waals surface area contributed by atoms with Crippen molar-refractivity contribution in [2.24, 2.45) is 5.41 Å². The zero-order valence-electron chi connectivity index (χ0n) is 22.3. The Labute approximate surface area is 222 Å². The molecule has 5 atom stereocenters. The molecule has 2 aromatic rings. The van der Waals surface area contributed by atoms with Gasteiger partial charge in [0.15, 0.2) is 19.8 Å². The fourth-order valence-corrected chi connectivity index (χ4v) is 7.45. The van der Waals surface area contributed by atoms with Crippen LogP contribution in [0.3, 0.4) is 0 Å². The van der Waals surface area contributed by atoms with Crippen LogP contribution in [0.2, 0.25) is 23.4 Å². The molecule has 0 bridgehead atoms. The van der Waals surface area contributed by atoms with Crippen molar-refractivity contribution >= 4 is 44.7 Å². The topological polar surface area (TPSA) is 153 Å². The number of fused-ring (bicyclic) bond motifs is 2. The maximum Gasteiger partial charge on any atom is 0.474 e. The van der Waals surface area contributed by atoms with Crippen molar-refractivity contribution in [2.45, 2.75) is 77.1 Å². The van der Waals surface area contributed by atoms with E-state index in [9.17, 15) is 9.67 Å². The van der Waals surface area contributed by atoms with E-state index in [1.165, 1.54) is 0 Å². The van der Waals surface area contributed by atoms with Crippen LogP contribution in [-0.2, 0) is 27.3 Å². The molecule has 2 aromatic heterocycles. The number of phosphoric ester groups is 1. The number of ether oxygens (including phenoxy) is 1. The quantitative estimate of drug-likeness (QED) is 0.227. The van der Waals surface area contributed by atoms with Crippen molar-refractivity contribution in [2.75, 3.05) is 32.2 Å². The van der Waals surface area contributed by atoms with Gasteiger partial charge in [0.05, 0.1) is 56.4 Å². The van der Waals surface area contributed by atoms with E-state index in [2.05, 4.69) is 48.8 Å². The average molecular weight is 578 g/mol. The Bertz CT molecular complexity index is 1180. The molecular weight excluding hydrogens is 541 g/mol. The minimum absolute atomic E-state index is 0.000484. The lowest BCUT2D eigenvalue weighted by Crippen LogP contribution is -2.51. The van der Waals surface area contributed by atoms with Crippen LogP contribution in [0.25, 0.3) is 11.2 Å². The molecule has 1 aliphatic carbocycles. The predicted molar refractivity (Wildman–Crippen MR) is 141 cm³/mol. The summed E-state index contributed by atoms with van der Waals surface area (Å²) in [6.45, 7) is 14.1. The Hall–Kier alpha value is -1.15. The summed E-state index contributed by atoms with van der Waals surface area (Å²) < 4.78 is 44.3. The molecule has 2 fully saturated rings. The molecule has 1 saturated heterocycles. The van der Waals surface area contributed by atoms with Crippen molar-refractivity contribution < 1.29 is 32.4 Å². The maximum atomic E-state index is 13.0. The van der Waals surface area contributed by atoms with Crippen LogP contribution in [0.4, 0.5) is 5.82 Å². The van der Waals surface area contributed by atoms with Crippen LogP contribution >= 0.6 is 19.4 Å². The number of rotatable bonds is 11. The highest BCUT2D eigenvalue weighted by molar-refractivity contribution is 7.48. The lowest BCUT2D eigenvalue weighted by atomic mass is 9.96. The van der Waals surface area contributed by atoms with E-state index in [-0.39, 0.29) is 48.6 Å². The van der Waals surface area contributed by atoms with Crippen molar-refractivity contribution in [3.8, 4) is 0 Å². The number of imidazole rings is 1. The van der Waals surface area contributed by atoms with Crippen LogP contribution in [0.5, 0.6) is 0 Å². The van der Waals surface area contributed by atoms with Gasteiger partial charge in [-0.05, 0) is 43.6 Å². The summed E-state index contributed by atoms with van der Waals surface area (Å²) in [7, 11) is -6.12. The van der Waals surface area contributed by atoms with Gasteiger partial charge in [-0.25, -0.2) is 9.55 Å². The van der Waals surface area contributed by atoms with E-state index in [1.807, 2.05) is 4.57 Å². The van der Waals surface area contributed by atoms with Gasteiger partial charge in [0.25, 0.3) is 0 Å². The number of nitrogens with zero attached hydrogens (tertiary/aromatic N) is 4. The molecular formula is C22H37ClN5O7PSi. The van der Waals surface area contributed by atoms with E-state index in [0.29, 0.717) is 11.2 Å². The lowest BCUT2D eigenvalue weighted by molar-refractivity contribution is -0.0448. The lowest BCUT2D eigenvalue weighted by Gasteiger charge is -2.42. The highest BCUT2D eigenvalue weighted by Gasteiger charge is 2.78. The molecule has 3 heterocycles. The minimum Gasteiger partial charge on any atom is -0.410 e. The molecule has 0 radical (unpaired) electrons. The summed E-state index contributed by atoms with van der Waals surface area (Å²) in [5.74, 6) is 0.168. The van der Waals surface area contributed by atoms with Crippen molar-refractivity contribution in [1.29, 1.82) is 0 Å². The number of aliphatic hydroxyl groups excluding tert-OH is 1. The smallest absolute Gasteiger partial charge is 0.410 e. The van der Waals surface area contributed by atoms with Gasteiger partial charge in [-0.15, -0.1) is 0 Å². The molecule has 1 aliphatic heterocycles. The third-order valence-electron chi connectivity index (χ3n) is 7.64. The fourth-order valence-electron chi connectivity index (χ4n) is 4.73. The fraction of sp³-hybridized carbons (Fsp3) is 0.773. The van der Waals surface area contributed by atoms with Gasteiger partial charge in [-0.3, -0.25) is 13.6 Å². The molecule has 1 saturated carbocycles. The number of hydrogen-bond donors (Lipinski definition) is 2. The molecule has 12 nitrogen and oxygen atoms in total. The molecule has 0 aromatic carbocycles. The molecule has 3 N–H and O–H groups in total. The molecule has 0 amide bonds. The Morgan fingerprint density at radius 2 is 1.89 bits per heavy atom. The third kappa shape index (κ3) is 4.98. The molecule has 0 spiro atoms. The number of hydrogen-bond acceptors (Lipinski definition) is 11. The minimum atomic E-state index is -3.77.